The molecule has 1 heterocycles. The van der Waals surface area contributed by atoms with Crippen LogP contribution in [0.2, 0.25) is 0 Å². The molecule has 20 heavy (non-hydrogen) atoms. The number of rotatable bonds is 3. The molecule has 0 spiro atoms. The number of aromatic amines is 1. The van der Waals surface area contributed by atoms with Gasteiger partial charge in [-0.25, -0.2) is 4.79 Å². The van der Waals surface area contributed by atoms with E-state index in [0.717, 1.165) is 18.2 Å². The topological polar surface area (TPSA) is 84.0 Å². The van der Waals surface area contributed by atoms with E-state index in [1.165, 1.54) is 25.7 Å². The molecule has 4 N–H and O–H groups in total. The van der Waals surface area contributed by atoms with E-state index < -0.39 is 5.76 Å². The molecule has 1 fully saturated rings. The van der Waals surface area contributed by atoms with Crippen molar-refractivity contribution in [3.05, 3.63) is 22.7 Å². The third kappa shape index (κ3) is 2.53. The maximum Gasteiger partial charge on any atom is 0.417 e. The molecule has 0 amide bonds. The van der Waals surface area contributed by atoms with Crippen molar-refractivity contribution in [2.75, 3.05) is 17.6 Å². The molecule has 0 aliphatic heterocycles. The average molecular weight is 275 g/mol. The second-order valence-electron chi connectivity index (χ2n) is 5.85. The van der Waals surface area contributed by atoms with E-state index in [-0.39, 0.29) is 0 Å². The highest BCUT2D eigenvalue weighted by Crippen LogP contribution is 2.31. The zero-order chi connectivity index (χ0) is 14.1. The summed E-state index contributed by atoms with van der Waals surface area (Å²) in [6.07, 6.45) is 5.26. The normalized spacial score (nSPS) is 23.1. The number of nitrogens with two attached hydrogens (primary N) is 1. The van der Waals surface area contributed by atoms with Crippen LogP contribution in [-0.2, 0) is 0 Å². The van der Waals surface area contributed by atoms with Crippen molar-refractivity contribution in [3.63, 3.8) is 0 Å². The number of fused-ring (bicyclic) bond motifs is 1. The number of aromatic nitrogens is 1. The first-order chi connectivity index (χ1) is 9.63. The summed E-state index contributed by atoms with van der Waals surface area (Å²) in [5, 5.41) is 3.43. The van der Waals surface area contributed by atoms with Gasteiger partial charge in [0.2, 0.25) is 0 Å². The van der Waals surface area contributed by atoms with Crippen LogP contribution in [0.4, 0.5) is 11.4 Å². The van der Waals surface area contributed by atoms with Gasteiger partial charge in [0.1, 0.15) is 0 Å². The first-order valence-electron chi connectivity index (χ1n) is 7.29. The summed E-state index contributed by atoms with van der Waals surface area (Å²) < 4.78 is 5.00. The maximum atomic E-state index is 11.2. The van der Waals surface area contributed by atoms with E-state index in [0.29, 0.717) is 22.7 Å². The third-order valence-corrected chi connectivity index (χ3v) is 4.43. The molecule has 1 aliphatic rings. The quantitative estimate of drug-likeness (QED) is 0.752. The lowest BCUT2D eigenvalue weighted by atomic mass is 9.80. The molecule has 5 heteroatoms. The Bertz CT molecular complexity index is 659. The van der Waals surface area contributed by atoms with Gasteiger partial charge < -0.3 is 15.5 Å². The molecule has 108 valence electrons. The van der Waals surface area contributed by atoms with Crippen molar-refractivity contribution in [3.8, 4) is 0 Å². The van der Waals surface area contributed by atoms with Crippen LogP contribution in [-0.4, -0.2) is 11.5 Å². The highest BCUT2D eigenvalue weighted by atomic mass is 16.4. The molecule has 1 aliphatic carbocycles. The molecule has 2 aromatic rings. The molecule has 1 aromatic heterocycles. The van der Waals surface area contributed by atoms with Gasteiger partial charge in [0.25, 0.3) is 0 Å². The van der Waals surface area contributed by atoms with Gasteiger partial charge in [-0.15, -0.1) is 0 Å². The summed E-state index contributed by atoms with van der Waals surface area (Å²) in [7, 11) is 0. The van der Waals surface area contributed by atoms with E-state index >= 15 is 0 Å². The Morgan fingerprint density at radius 3 is 3.00 bits per heavy atom. The maximum absolute atomic E-state index is 11.2. The number of nitrogen functional groups attached to an aromatic ring is 1. The predicted octanol–water partition coefficient (Wildman–Crippen LogP) is 2.94. The molecule has 0 bridgehead atoms. The Balaban J connectivity index is 1.76. The minimum Gasteiger partial charge on any atom is -0.408 e. The largest absolute Gasteiger partial charge is 0.417 e. The smallest absolute Gasteiger partial charge is 0.408 e. The van der Waals surface area contributed by atoms with Gasteiger partial charge in [-0.2, -0.15) is 0 Å². The van der Waals surface area contributed by atoms with Crippen LogP contribution in [0.1, 0.15) is 32.6 Å². The van der Waals surface area contributed by atoms with Gasteiger partial charge in [0.05, 0.1) is 16.9 Å². The molecule has 2 unspecified atom stereocenters. The first kappa shape index (κ1) is 13.1. The van der Waals surface area contributed by atoms with Crippen molar-refractivity contribution in [1.82, 2.24) is 4.98 Å². The summed E-state index contributed by atoms with van der Waals surface area (Å²) >= 11 is 0. The first-order valence-corrected chi connectivity index (χ1v) is 7.29. The van der Waals surface area contributed by atoms with E-state index in [1.807, 2.05) is 6.07 Å². The molecule has 0 saturated heterocycles. The highest BCUT2D eigenvalue weighted by Gasteiger charge is 2.21. The Labute approximate surface area is 117 Å². The third-order valence-electron chi connectivity index (χ3n) is 4.43. The molecule has 5 nitrogen and oxygen atoms in total. The number of hydrogen-bond acceptors (Lipinski definition) is 4. The Morgan fingerprint density at radius 2 is 2.20 bits per heavy atom. The minimum atomic E-state index is -0.447. The number of anilines is 2. The second-order valence-corrected chi connectivity index (χ2v) is 5.85. The Hall–Kier alpha value is -1.91. The summed E-state index contributed by atoms with van der Waals surface area (Å²) in [6, 6.07) is 3.54. The molecule has 1 saturated carbocycles. The fourth-order valence-electron chi connectivity index (χ4n) is 3.10. The monoisotopic (exact) mass is 275 g/mol. The number of hydrogen-bond donors (Lipinski definition) is 3. The molecular weight excluding hydrogens is 254 g/mol. The van der Waals surface area contributed by atoms with Crippen molar-refractivity contribution in [2.45, 2.75) is 32.6 Å². The zero-order valence-corrected chi connectivity index (χ0v) is 11.7. The van der Waals surface area contributed by atoms with Gasteiger partial charge in [-0.05, 0) is 24.3 Å². The molecule has 1 aromatic carbocycles. The Morgan fingerprint density at radius 1 is 1.40 bits per heavy atom. The van der Waals surface area contributed by atoms with Crippen LogP contribution in [0.3, 0.4) is 0 Å². The van der Waals surface area contributed by atoms with Crippen LogP contribution < -0.4 is 16.8 Å². The van der Waals surface area contributed by atoms with Gasteiger partial charge >= 0.3 is 5.76 Å². The second kappa shape index (κ2) is 5.23. The SMILES string of the molecule is CC1CCCCC1CNc1cc2[nH]c(=O)oc2cc1N. The van der Waals surface area contributed by atoms with Crippen molar-refractivity contribution >= 4 is 22.5 Å². The lowest BCUT2D eigenvalue weighted by Gasteiger charge is -2.29. The van der Waals surface area contributed by atoms with Crippen LogP contribution >= 0.6 is 0 Å². The molecule has 0 radical (unpaired) electrons. The van der Waals surface area contributed by atoms with Crippen molar-refractivity contribution in [1.29, 1.82) is 0 Å². The van der Waals surface area contributed by atoms with Crippen LogP contribution in [0, 0.1) is 11.8 Å². The number of benzene rings is 1. The van der Waals surface area contributed by atoms with Crippen molar-refractivity contribution < 1.29 is 4.42 Å². The number of H-pyrrole nitrogens is 1. The van der Waals surface area contributed by atoms with E-state index in [2.05, 4.69) is 17.2 Å². The van der Waals surface area contributed by atoms with Crippen molar-refractivity contribution in [2.24, 2.45) is 11.8 Å². The molecule has 3 rings (SSSR count). The summed E-state index contributed by atoms with van der Waals surface area (Å²) in [6.45, 7) is 3.25. The predicted molar refractivity (Wildman–Crippen MR) is 80.9 cm³/mol. The van der Waals surface area contributed by atoms with Crippen LogP contribution in [0.5, 0.6) is 0 Å². The lowest BCUT2D eigenvalue weighted by Crippen LogP contribution is -2.24. The van der Waals surface area contributed by atoms with Crippen LogP contribution in [0.15, 0.2) is 21.3 Å². The summed E-state index contributed by atoms with van der Waals surface area (Å²) in [5.74, 6) is 1.01. The minimum absolute atomic E-state index is 0.447. The lowest BCUT2D eigenvalue weighted by molar-refractivity contribution is 0.268. The summed E-state index contributed by atoms with van der Waals surface area (Å²) in [5.41, 5.74) is 8.68. The molecular formula is C15H21N3O2. The zero-order valence-electron chi connectivity index (χ0n) is 11.7. The Kier molecular flexibility index (Phi) is 3.42. The van der Waals surface area contributed by atoms with E-state index in [9.17, 15) is 4.79 Å². The molecule has 2 atom stereocenters. The number of oxazole rings is 1. The van der Waals surface area contributed by atoms with E-state index in [1.54, 1.807) is 6.07 Å². The number of nitrogens with one attached hydrogen (secondary N) is 2. The summed E-state index contributed by atoms with van der Waals surface area (Å²) in [4.78, 5) is 13.8. The standard InChI is InChI=1S/C15H21N3O2/c1-9-4-2-3-5-10(9)8-17-12-7-13-14(6-11(12)16)20-15(19)18-13/h6-7,9-10,17H,2-5,8,16H2,1H3,(H,18,19). The van der Waals surface area contributed by atoms with Gasteiger partial charge in [-0.1, -0.05) is 26.2 Å². The van der Waals surface area contributed by atoms with Gasteiger partial charge in [0.15, 0.2) is 5.58 Å². The van der Waals surface area contributed by atoms with E-state index in [4.69, 9.17) is 10.2 Å². The fraction of sp³-hybridized carbons (Fsp3) is 0.533. The van der Waals surface area contributed by atoms with Gasteiger partial charge in [0, 0.05) is 12.6 Å². The fourth-order valence-corrected chi connectivity index (χ4v) is 3.10. The average Bonchev–Trinajstić information content (AvgIpc) is 2.76. The van der Waals surface area contributed by atoms with Gasteiger partial charge in [-0.3, -0.25) is 4.98 Å². The van der Waals surface area contributed by atoms with Crippen LogP contribution in [0.25, 0.3) is 11.1 Å². The highest BCUT2D eigenvalue weighted by molar-refractivity contribution is 5.85.